The number of benzene rings is 1. The number of aryl methyl sites for hydroxylation is 1. The zero-order chi connectivity index (χ0) is 17.3. The first-order valence-electron chi connectivity index (χ1n) is 6.87. The maximum atomic E-state index is 12.6. The zero-order valence-electron chi connectivity index (χ0n) is 12.9. The van der Waals surface area contributed by atoms with Gasteiger partial charge in [-0.05, 0) is 54.4 Å². The lowest BCUT2D eigenvalue weighted by Gasteiger charge is -2.14. The predicted octanol–water partition coefficient (Wildman–Crippen LogP) is 3.54. The van der Waals surface area contributed by atoms with E-state index in [4.69, 9.17) is 17.3 Å². The van der Waals surface area contributed by atoms with Crippen LogP contribution in [-0.4, -0.2) is 21.6 Å². The van der Waals surface area contributed by atoms with Gasteiger partial charge in [0.25, 0.3) is 11.8 Å². The summed E-state index contributed by atoms with van der Waals surface area (Å²) in [7, 11) is 0. The van der Waals surface area contributed by atoms with E-state index < -0.39 is 5.91 Å². The summed E-state index contributed by atoms with van der Waals surface area (Å²) in [6.07, 6.45) is 0. The van der Waals surface area contributed by atoms with Crippen molar-refractivity contribution < 1.29 is 9.59 Å². The molecule has 2 rings (SSSR count). The SMILES string of the molecule is Cc1cc(Cl)cc(C(N)=O)c1NC(=O)c1cc(Br)nn1C(C)C. The van der Waals surface area contributed by atoms with Crippen molar-refractivity contribution in [2.75, 3.05) is 5.32 Å². The first kappa shape index (κ1) is 17.5. The van der Waals surface area contributed by atoms with Crippen molar-refractivity contribution >= 4 is 45.0 Å². The molecule has 0 spiro atoms. The van der Waals surface area contributed by atoms with Gasteiger partial charge in [0.1, 0.15) is 10.3 Å². The van der Waals surface area contributed by atoms with Crippen LogP contribution in [0.1, 0.15) is 46.3 Å². The van der Waals surface area contributed by atoms with E-state index in [2.05, 4.69) is 26.3 Å². The summed E-state index contributed by atoms with van der Waals surface area (Å²) in [5.41, 5.74) is 6.91. The maximum Gasteiger partial charge on any atom is 0.274 e. The van der Waals surface area contributed by atoms with Gasteiger partial charge in [-0.15, -0.1) is 0 Å². The van der Waals surface area contributed by atoms with Crippen molar-refractivity contribution in [3.8, 4) is 0 Å². The summed E-state index contributed by atoms with van der Waals surface area (Å²) in [6.45, 7) is 5.57. The molecule has 0 atom stereocenters. The van der Waals surface area contributed by atoms with Crippen LogP contribution in [0.25, 0.3) is 0 Å². The van der Waals surface area contributed by atoms with E-state index in [1.165, 1.54) is 6.07 Å². The molecule has 1 aromatic carbocycles. The molecule has 2 amide bonds. The molecule has 122 valence electrons. The van der Waals surface area contributed by atoms with E-state index in [0.29, 0.717) is 26.6 Å². The lowest BCUT2D eigenvalue weighted by molar-refractivity contribution is 0.100. The summed E-state index contributed by atoms with van der Waals surface area (Å²) in [6, 6.07) is 4.70. The van der Waals surface area contributed by atoms with Crippen LogP contribution in [-0.2, 0) is 0 Å². The van der Waals surface area contributed by atoms with Crippen LogP contribution >= 0.6 is 27.5 Å². The van der Waals surface area contributed by atoms with Gasteiger partial charge >= 0.3 is 0 Å². The predicted molar refractivity (Wildman–Crippen MR) is 93.0 cm³/mol. The van der Waals surface area contributed by atoms with Crippen molar-refractivity contribution in [2.24, 2.45) is 5.73 Å². The molecule has 0 aliphatic rings. The Kier molecular flexibility index (Phi) is 5.11. The second kappa shape index (κ2) is 6.72. The number of nitrogens with zero attached hydrogens (tertiary/aromatic N) is 2. The highest BCUT2D eigenvalue weighted by Gasteiger charge is 2.20. The number of hydrogen-bond acceptors (Lipinski definition) is 3. The molecular weight excluding hydrogens is 384 g/mol. The van der Waals surface area contributed by atoms with Gasteiger partial charge in [0.15, 0.2) is 0 Å². The van der Waals surface area contributed by atoms with Gasteiger partial charge in [0.2, 0.25) is 0 Å². The average molecular weight is 400 g/mol. The maximum absolute atomic E-state index is 12.6. The number of anilines is 1. The van der Waals surface area contributed by atoms with Crippen molar-refractivity contribution in [1.82, 2.24) is 9.78 Å². The monoisotopic (exact) mass is 398 g/mol. The molecule has 0 fully saturated rings. The van der Waals surface area contributed by atoms with Crippen molar-refractivity contribution in [3.05, 3.63) is 44.6 Å². The highest BCUT2D eigenvalue weighted by atomic mass is 79.9. The summed E-state index contributed by atoms with van der Waals surface area (Å²) in [5.74, 6) is -1.05. The molecule has 0 aliphatic carbocycles. The van der Waals surface area contributed by atoms with E-state index in [9.17, 15) is 9.59 Å². The average Bonchev–Trinajstić information content (AvgIpc) is 2.83. The Morgan fingerprint density at radius 3 is 2.57 bits per heavy atom. The quantitative estimate of drug-likeness (QED) is 0.824. The van der Waals surface area contributed by atoms with Crippen molar-refractivity contribution in [1.29, 1.82) is 0 Å². The summed E-state index contributed by atoms with van der Waals surface area (Å²) >= 11 is 9.21. The lowest BCUT2D eigenvalue weighted by atomic mass is 10.1. The van der Waals surface area contributed by atoms with Gasteiger partial charge in [0, 0.05) is 17.1 Å². The number of nitrogens with two attached hydrogens (primary N) is 1. The first-order valence-corrected chi connectivity index (χ1v) is 8.04. The molecule has 1 heterocycles. The number of primary amides is 1. The van der Waals surface area contributed by atoms with Gasteiger partial charge < -0.3 is 11.1 Å². The number of carbonyl (C=O) groups is 2. The molecule has 0 unspecified atom stereocenters. The molecule has 8 heteroatoms. The number of amides is 2. The highest BCUT2D eigenvalue weighted by Crippen LogP contribution is 2.26. The third-order valence-corrected chi connectivity index (χ3v) is 3.84. The Bertz CT molecular complexity index is 786. The number of aromatic nitrogens is 2. The van der Waals surface area contributed by atoms with Crippen LogP contribution in [0.5, 0.6) is 0 Å². The minimum Gasteiger partial charge on any atom is -0.366 e. The molecule has 0 aliphatic heterocycles. The first-order chi connectivity index (χ1) is 10.7. The summed E-state index contributed by atoms with van der Waals surface area (Å²) < 4.78 is 2.15. The molecule has 2 aromatic rings. The molecule has 0 radical (unpaired) electrons. The van der Waals surface area contributed by atoms with Gasteiger partial charge in [-0.3, -0.25) is 14.3 Å². The Labute approximate surface area is 147 Å². The van der Waals surface area contributed by atoms with Crippen molar-refractivity contribution in [2.45, 2.75) is 26.8 Å². The van der Waals surface area contributed by atoms with Crippen LogP contribution in [0.2, 0.25) is 5.02 Å². The van der Waals surface area contributed by atoms with Gasteiger partial charge in [-0.25, -0.2) is 0 Å². The molecule has 0 saturated carbocycles. The molecule has 6 nitrogen and oxygen atoms in total. The molecule has 23 heavy (non-hydrogen) atoms. The minimum atomic E-state index is -0.663. The number of rotatable bonds is 4. The molecule has 3 N–H and O–H groups in total. The third kappa shape index (κ3) is 3.73. The Morgan fingerprint density at radius 2 is 2.00 bits per heavy atom. The Balaban J connectivity index is 2.44. The van der Waals surface area contributed by atoms with Crippen LogP contribution in [0.15, 0.2) is 22.8 Å². The Hall–Kier alpha value is -1.86. The fraction of sp³-hybridized carbons (Fsp3) is 0.267. The Morgan fingerprint density at radius 1 is 1.35 bits per heavy atom. The minimum absolute atomic E-state index is 0.00368. The van der Waals surface area contributed by atoms with Gasteiger partial charge in [-0.1, -0.05) is 11.6 Å². The van der Waals surface area contributed by atoms with Gasteiger partial charge in [0.05, 0.1) is 11.3 Å². The van der Waals surface area contributed by atoms with Gasteiger partial charge in [-0.2, -0.15) is 5.10 Å². The second-order valence-corrected chi connectivity index (χ2v) is 6.60. The van der Waals surface area contributed by atoms with E-state index in [1.54, 1.807) is 23.7 Å². The zero-order valence-corrected chi connectivity index (χ0v) is 15.2. The normalized spacial score (nSPS) is 10.9. The number of hydrogen-bond donors (Lipinski definition) is 2. The van der Waals surface area contributed by atoms with Crippen molar-refractivity contribution in [3.63, 3.8) is 0 Å². The molecular formula is C15H16BrClN4O2. The van der Waals surface area contributed by atoms with E-state index >= 15 is 0 Å². The molecule has 0 saturated heterocycles. The molecule has 0 bridgehead atoms. The largest absolute Gasteiger partial charge is 0.366 e. The fourth-order valence-electron chi connectivity index (χ4n) is 2.21. The van der Waals surface area contributed by atoms with E-state index in [-0.39, 0.29) is 17.5 Å². The summed E-state index contributed by atoms with van der Waals surface area (Å²) in [5, 5.41) is 7.34. The van der Waals surface area contributed by atoms with Crippen LogP contribution < -0.4 is 11.1 Å². The van der Waals surface area contributed by atoms with E-state index in [1.807, 2.05) is 13.8 Å². The van der Waals surface area contributed by atoms with E-state index in [0.717, 1.165) is 0 Å². The second-order valence-electron chi connectivity index (χ2n) is 5.35. The smallest absolute Gasteiger partial charge is 0.274 e. The molecule has 1 aromatic heterocycles. The fourth-order valence-corrected chi connectivity index (χ4v) is 2.87. The number of carbonyl (C=O) groups excluding carboxylic acids is 2. The van der Waals surface area contributed by atoms with Crippen LogP contribution in [0.4, 0.5) is 5.69 Å². The number of halogens is 2. The lowest BCUT2D eigenvalue weighted by Crippen LogP contribution is -2.22. The van der Waals surface area contributed by atoms with Crippen LogP contribution in [0, 0.1) is 6.92 Å². The standard InChI is InChI=1S/C15H16BrClN4O2/c1-7(2)21-11(6-12(16)20-21)15(23)19-13-8(3)4-9(17)5-10(13)14(18)22/h4-7H,1-3H3,(H2,18,22)(H,19,23). The summed E-state index contributed by atoms with van der Waals surface area (Å²) in [4.78, 5) is 24.2. The van der Waals surface area contributed by atoms with Crippen LogP contribution in [0.3, 0.4) is 0 Å². The number of nitrogens with one attached hydrogen (secondary N) is 1. The third-order valence-electron chi connectivity index (χ3n) is 3.23. The topological polar surface area (TPSA) is 90.0 Å². The highest BCUT2D eigenvalue weighted by molar-refractivity contribution is 9.10.